The lowest BCUT2D eigenvalue weighted by molar-refractivity contribution is 0.0985. The second-order valence-corrected chi connectivity index (χ2v) is 5.52. The molecule has 122 valence electrons. The first-order valence-electron chi connectivity index (χ1n) is 7.24. The number of aromatic nitrogens is 1. The van der Waals surface area contributed by atoms with Crippen LogP contribution in [0.4, 0.5) is 16.2 Å². The molecular weight excluding hydrogens is 324 g/mol. The van der Waals surface area contributed by atoms with Crippen molar-refractivity contribution in [2.45, 2.75) is 0 Å². The SMILES string of the molecule is Cn1ccc2cc(NC(=O)Nc3cccc(C(=O)NS)c3)ccc21. The maximum absolute atomic E-state index is 12.1. The number of aryl methyl sites for hydroxylation is 1. The van der Waals surface area contributed by atoms with Gasteiger partial charge in [-0.2, -0.15) is 0 Å². The van der Waals surface area contributed by atoms with E-state index in [1.165, 1.54) is 0 Å². The highest BCUT2D eigenvalue weighted by molar-refractivity contribution is 7.78. The molecule has 3 rings (SSSR count). The number of nitrogens with one attached hydrogen (secondary N) is 3. The zero-order valence-corrected chi connectivity index (χ0v) is 13.8. The summed E-state index contributed by atoms with van der Waals surface area (Å²) >= 11 is 3.73. The minimum atomic E-state index is -0.381. The standard InChI is InChI=1S/C17H16N4O2S/c1-21-8-7-11-9-14(5-6-15(11)21)19-17(23)18-13-4-2-3-12(10-13)16(22)20-24/h2-10,24H,1H3,(H,20,22)(H2,18,19,23). The van der Waals surface area contributed by atoms with Gasteiger partial charge in [0.1, 0.15) is 0 Å². The second kappa shape index (κ2) is 6.67. The second-order valence-electron chi connectivity index (χ2n) is 5.30. The van der Waals surface area contributed by atoms with E-state index in [1.54, 1.807) is 24.3 Å². The Bertz CT molecular complexity index is 920. The molecule has 3 amide bonds. The minimum Gasteiger partial charge on any atom is -0.351 e. The molecule has 1 heterocycles. The van der Waals surface area contributed by atoms with Crippen molar-refractivity contribution in [3.63, 3.8) is 0 Å². The van der Waals surface area contributed by atoms with Gasteiger partial charge in [-0.1, -0.05) is 18.9 Å². The van der Waals surface area contributed by atoms with Crippen LogP contribution in [0.2, 0.25) is 0 Å². The number of anilines is 2. The van der Waals surface area contributed by atoms with Crippen LogP contribution in [0.5, 0.6) is 0 Å². The number of amides is 3. The Kier molecular flexibility index (Phi) is 4.43. The van der Waals surface area contributed by atoms with E-state index in [2.05, 4.69) is 28.2 Å². The minimum absolute atomic E-state index is 0.336. The molecule has 0 aliphatic rings. The number of urea groups is 1. The molecule has 0 fully saturated rings. The lowest BCUT2D eigenvalue weighted by Gasteiger charge is -2.09. The molecule has 0 aliphatic carbocycles. The Balaban J connectivity index is 1.71. The van der Waals surface area contributed by atoms with Crippen molar-refractivity contribution in [2.24, 2.45) is 7.05 Å². The van der Waals surface area contributed by atoms with Gasteiger partial charge in [0.15, 0.2) is 0 Å². The highest BCUT2D eigenvalue weighted by Crippen LogP contribution is 2.20. The van der Waals surface area contributed by atoms with Crippen molar-refractivity contribution in [3.8, 4) is 0 Å². The number of carbonyl (C=O) groups is 2. The molecule has 0 spiro atoms. The van der Waals surface area contributed by atoms with Gasteiger partial charge in [0.2, 0.25) is 0 Å². The highest BCUT2D eigenvalue weighted by atomic mass is 32.1. The summed E-state index contributed by atoms with van der Waals surface area (Å²) in [4.78, 5) is 23.7. The Morgan fingerprint density at radius 1 is 1.00 bits per heavy atom. The average Bonchev–Trinajstić information content (AvgIpc) is 2.95. The molecule has 3 aromatic rings. The van der Waals surface area contributed by atoms with E-state index in [0.29, 0.717) is 16.9 Å². The summed E-state index contributed by atoms with van der Waals surface area (Å²) in [5, 5.41) is 6.53. The normalized spacial score (nSPS) is 10.4. The number of fused-ring (bicyclic) bond motifs is 1. The van der Waals surface area contributed by atoms with Crippen molar-refractivity contribution in [1.29, 1.82) is 0 Å². The summed E-state index contributed by atoms with van der Waals surface area (Å²) in [6.07, 6.45) is 1.96. The van der Waals surface area contributed by atoms with Gasteiger partial charge >= 0.3 is 6.03 Å². The van der Waals surface area contributed by atoms with Crippen LogP contribution in [0.3, 0.4) is 0 Å². The Labute approximate surface area is 144 Å². The fourth-order valence-electron chi connectivity index (χ4n) is 2.46. The molecule has 0 bridgehead atoms. The Morgan fingerprint density at radius 3 is 2.50 bits per heavy atom. The van der Waals surface area contributed by atoms with E-state index < -0.39 is 0 Å². The van der Waals surface area contributed by atoms with Crippen LogP contribution in [0.1, 0.15) is 10.4 Å². The van der Waals surface area contributed by atoms with E-state index >= 15 is 0 Å². The van der Waals surface area contributed by atoms with Crippen molar-refractivity contribution in [3.05, 3.63) is 60.3 Å². The lowest BCUT2D eigenvalue weighted by atomic mass is 10.2. The van der Waals surface area contributed by atoms with Gasteiger partial charge in [-0.25, -0.2) is 4.79 Å². The van der Waals surface area contributed by atoms with Crippen LogP contribution in [-0.2, 0) is 7.05 Å². The predicted octanol–water partition coefficient (Wildman–Crippen LogP) is 3.40. The molecule has 0 aliphatic heterocycles. The number of nitrogens with zero attached hydrogens (tertiary/aromatic N) is 1. The molecule has 2 aromatic carbocycles. The van der Waals surface area contributed by atoms with Crippen LogP contribution in [-0.4, -0.2) is 16.5 Å². The zero-order chi connectivity index (χ0) is 17.1. The number of hydrogen-bond acceptors (Lipinski definition) is 3. The Hall–Kier alpha value is -2.93. The van der Waals surface area contributed by atoms with Gasteiger partial charge in [-0.3, -0.25) is 9.52 Å². The van der Waals surface area contributed by atoms with Crippen molar-refractivity contribution < 1.29 is 9.59 Å². The van der Waals surface area contributed by atoms with Gasteiger partial charge in [-0.05, 0) is 42.5 Å². The smallest absolute Gasteiger partial charge is 0.323 e. The quantitative estimate of drug-likeness (QED) is 0.552. The van der Waals surface area contributed by atoms with E-state index in [0.717, 1.165) is 10.9 Å². The zero-order valence-electron chi connectivity index (χ0n) is 12.9. The van der Waals surface area contributed by atoms with Crippen LogP contribution < -0.4 is 15.4 Å². The van der Waals surface area contributed by atoms with E-state index in [4.69, 9.17) is 0 Å². The maximum atomic E-state index is 12.1. The van der Waals surface area contributed by atoms with E-state index in [-0.39, 0.29) is 11.9 Å². The molecule has 0 saturated carbocycles. The highest BCUT2D eigenvalue weighted by Gasteiger charge is 2.07. The third-order valence-corrected chi connectivity index (χ3v) is 3.83. The summed E-state index contributed by atoms with van der Waals surface area (Å²) in [7, 11) is 1.97. The number of hydrogen-bond donors (Lipinski definition) is 4. The van der Waals surface area contributed by atoms with Crippen molar-refractivity contribution >= 4 is 47.0 Å². The fourth-order valence-corrected chi connectivity index (χ4v) is 2.58. The molecule has 0 unspecified atom stereocenters. The topological polar surface area (TPSA) is 75.2 Å². The van der Waals surface area contributed by atoms with Crippen LogP contribution in [0, 0.1) is 0 Å². The average molecular weight is 340 g/mol. The van der Waals surface area contributed by atoms with Gasteiger partial charge in [-0.15, -0.1) is 0 Å². The monoisotopic (exact) mass is 340 g/mol. The number of carbonyl (C=O) groups excluding carboxylic acids is 2. The maximum Gasteiger partial charge on any atom is 0.323 e. The van der Waals surface area contributed by atoms with Gasteiger partial charge in [0.25, 0.3) is 5.91 Å². The molecule has 7 heteroatoms. The predicted molar refractivity (Wildman–Crippen MR) is 98.5 cm³/mol. The molecule has 0 atom stereocenters. The number of benzene rings is 2. The first-order valence-corrected chi connectivity index (χ1v) is 7.69. The largest absolute Gasteiger partial charge is 0.351 e. The van der Waals surface area contributed by atoms with Gasteiger partial charge in [0.05, 0.1) is 0 Å². The third kappa shape index (κ3) is 3.36. The molecule has 6 nitrogen and oxygen atoms in total. The first kappa shape index (κ1) is 15.9. The molecule has 0 saturated heterocycles. The van der Waals surface area contributed by atoms with Gasteiger partial charge < -0.3 is 15.2 Å². The molecular formula is C17H16N4O2S. The lowest BCUT2D eigenvalue weighted by Crippen LogP contribution is -2.20. The summed E-state index contributed by atoms with van der Waals surface area (Å²) in [5.74, 6) is -0.336. The van der Waals surface area contributed by atoms with Crippen molar-refractivity contribution in [2.75, 3.05) is 10.6 Å². The Morgan fingerprint density at radius 2 is 1.75 bits per heavy atom. The number of thiol groups is 1. The van der Waals surface area contributed by atoms with Crippen LogP contribution >= 0.6 is 12.8 Å². The van der Waals surface area contributed by atoms with Gasteiger partial charge in [0, 0.05) is 41.1 Å². The van der Waals surface area contributed by atoms with E-state index in [9.17, 15) is 9.59 Å². The summed E-state index contributed by atoms with van der Waals surface area (Å²) in [6, 6.07) is 13.9. The molecule has 0 radical (unpaired) electrons. The van der Waals surface area contributed by atoms with Crippen molar-refractivity contribution in [1.82, 2.24) is 9.29 Å². The summed E-state index contributed by atoms with van der Waals surface area (Å²) in [6.45, 7) is 0. The van der Waals surface area contributed by atoms with Crippen LogP contribution in [0.25, 0.3) is 10.9 Å². The molecule has 3 N–H and O–H groups in total. The third-order valence-electron chi connectivity index (χ3n) is 3.63. The van der Waals surface area contributed by atoms with E-state index in [1.807, 2.05) is 42.1 Å². The first-order chi connectivity index (χ1) is 11.6. The molecule has 1 aromatic heterocycles. The molecule has 24 heavy (non-hydrogen) atoms. The summed E-state index contributed by atoms with van der Waals surface area (Å²) in [5.41, 5.74) is 2.71. The van der Waals surface area contributed by atoms with Crippen LogP contribution in [0.15, 0.2) is 54.7 Å². The summed E-state index contributed by atoms with van der Waals surface area (Å²) < 4.78 is 4.26. The fraction of sp³-hybridized carbons (Fsp3) is 0.0588. The number of rotatable bonds is 3.